The summed E-state index contributed by atoms with van der Waals surface area (Å²) < 4.78 is 1.16. The molecule has 1 nitrogen and oxygen atoms in total. The van der Waals surface area contributed by atoms with E-state index in [0.29, 0.717) is 12.5 Å². The van der Waals surface area contributed by atoms with Crippen LogP contribution in [0, 0.1) is 5.92 Å². The van der Waals surface area contributed by atoms with Crippen molar-refractivity contribution in [2.75, 3.05) is 6.61 Å². The highest BCUT2D eigenvalue weighted by Gasteiger charge is 2.32. The van der Waals surface area contributed by atoms with Crippen LogP contribution in [0.1, 0.15) is 23.6 Å². The average molecular weight is 247 g/mol. The van der Waals surface area contributed by atoms with Gasteiger partial charge in [0.1, 0.15) is 0 Å². The first-order valence-electron chi connectivity index (χ1n) is 4.17. The Balaban J connectivity index is 2.15. The summed E-state index contributed by atoms with van der Waals surface area (Å²) in [6.45, 7) is 0.303. The lowest BCUT2D eigenvalue weighted by atomic mass is 10.0. The number of rotatable bonds is 3. The van der Waals surface area contributed by atoms with Crippen LogP contribution in [-0.4, -0.2) is 11.7 Å². The zero-order valence-electron chi connectivity index (χ0n) is 6.66. The fourth-order valence-electron chi connectivity index (χ4n) is 1.50. The minimum absolute atomic E-state index is 0.303. The van der Waals surface area contributed by atoms with Gasteiger partial charge in [0.05, 0.1) is 10.4 Å². The summed E-state index contributed by atoms with van der Waals surface area (Å²) in [5.41, 5.74) is 0. The molecular formula is C9H11BrOS. The molecule has 0 bridgehead atoms. The Morgan fingerprint density at radius 2 is 2.33 bits per heavy atom. The Labute approximate surface area is 84.6 Å². The molecule has 1 unspecified atom stereocenters. The highest BCUT2D eigenvalue weighted by atomic mass is 79.9. The number of hydrogen-bond donors (Lipinski definition) is 1. The number of thiophene rings is 1. The van der Waals surface area contributed by atoms with Crippen molar-refractivity contribution >= 4 is 27.3 Å². The summed E-state index contributed by atoms with van der Waals surface area (Å²) in [7, 11) is 0. The molecule has 2 rings (SSSR count). The molecule has 1 aliphatic rings. The minimum Gasteiger partial charge on any atom is -0.396 e. The van der Waals surface area contributed by atoms with Crippen molar-refractivity contribution in [2.24, 2.45) is 5.92 Å². The van der Waals surface area contributed by atoms with Crippen LogP contribution in [-0.2, 0) is 0 Å². The fourth-order valence-corrected chi connectivity index (χ4v) is 3.11. The quantitative estimate of drug-likeness (QED) is 0.870. The molecule has 66 valence electrons. The Bertz CT molecular complexity index is 267. The van der Waals surface area contributed by atoms with Crippen molar-refractivity contribution in [1.82, 2.24) is 0 Å². The molecule has 0 aliphatic heterocycles. The van der Waals surface area contributed by atoms with Gasteiger partial charge in [-0.05, 0) is 46.8 Å². The maximum atomic E-state index is 9.19. The third-order valence-corrected chi connectivity index (χ3v) is 4.10. The van der Waals surface area contributed by atoms with E-state index in [4.69, 9.17) is 0 Å². The lowest BCUT2D eigenvalue weighted by molar-refractivity contribution is 0.255. The summed E-state index contributed by atoms with van der Waals surface area (Å²) >= 11 is 5.18. The molecule has 0 spiro atoms. The molecule has 12 heavy (non-hydrogen) atoms. The van der Waals surface area contributed by atoms with Gasteiger partial charge in [-0.3, -0.25) is 0 Å². The van der Waals surface area contributed by atoms with Crippen LogP contribution in [0.2, 0.25) is 0 Å². The second-order valence-corrected chi connectivity index (χ2v) is 5.76. The number of aliphatic hydroxyl groups excluding tert-OH is 1. The van der Waals surface area contributed by atoms with E-state index >= 15 is 0 Å². The van der Waals surface area contributed by atoms with Gasteiger partial charge in [-0.2, -0.15) is 0 Å². The zero-order chi connectivity index (χ0) is 8.55. The van der Waals surface area contributed by atoms with E-state index in [0.717, 1.165) is 9.70 Å². The number of aliphatic hydroxyl groups is 1. The lowest BCUT2D eigenvalue weighted by Crippen LogP contribution is -2.03. The standard InChI is InChI=1S/C9H11BrOS/c10-9-4-3-8(12-9)7(5-11)6-1-2-6/h3-4,6-7,11H,1-2,5H2. The topological polar surface area (TPSA) is 20.2 Å². The Morgan fingerprint density at radius 1 is 1.58 bits per heavy atom. The molecule has 1 fully saturated rings. The third kappa shape index (κ3) is 1.73. The van der Waals surface area contributed by atoms with Gasteiger partial charge in [-0.1, -0.05) is 0 Å². The predicted octanol–water partition coefficient (Wildman–Crippen LogP) is 3.00. The SMILES string of the molecule is OCC(c1ccc(Br)s1)C1CC1. The molecular weight excluding hydrogens is 236 g/mol. The summed E-state index contributed by atoms with van der Waals surface area (Å²) in [6, 6.07) is 4.18. The first kappa shape index (κ1) is 8.73. The maximum absolute atomic E-state index is 9.19. The smallest absolute Gasteiger partial charge is 0.0701 e. The van der Waals surface area contributed by atoms with Crippen LogP contribution in [0.4, 0.5) is 0 Å². The van der Waals surface area contributed by atoms with E-state index in [1.807, 2.05) is 0 Å². The van der Waals surface area contributed by atoms with Crippen LogP contribution in [0.25, 0.3) is 0 Å². The van der Waals surface area contributed by atoms with Crippen LogP contribution >= 0.6 is 27.3 Å². The van der Waals surface area contributed by atoms with Gasteiger partial charge in [-0.25, -0.2) is 0 Å². The summed E-state index contributed by atoms with van der Waals surface area (Å²) in [5, 5.41) is 9.19. The van der Waals surface area contributed by atoms with Gasteiger partial charge in [0.2, 0.25) is 0 Å². The van der Waals surface area contributed by atoms with Crippen molar-refractivity contribution in [3.63, 3.8) is 0 Å². The molecule has 1 aliphatic carbocycles. The van der Waals surface area contributed by atoms with Gasteiger partial charge < -0.3 is 5.11 Å². The molecule has 1 N–H and O–H groups in total. The van der Waals surface area contributed by atoms with Crippen LogP contribution in [0.15, 0.2) is 15.9 Å². The molecule has 0 radical (unpaired) electrons. The van der Waals surface area contributed by atoms with Gasteiger partial charge >= 0.3 is 0 Å². The average Bonchev–Trinajstić information content (AvgIpc) is 2.78. The zero-order valence-corrected chi connectivity index (χ0v) is 9.07. The first-order valence-corrected chi connectivity index (χ1v) is 5.78. The van der Waals surface area contributed by atoms with Crippen LogP contribution < -0.4 is 0 Å². The highest BCUT2D eigenvalue weighted by molar-refractivity contribution is 9.11. The van der Waals surface area contributed by atoms with Crippen molar-refractivity contribution < 1.29 is 5.11 Å². The Hall–Kier alpha value is 0.140. The molecule has 0 aromatic carbocycles. The van der Waals surface area contributed by atoms with E-state index in [1.54, 1.807) is 11.3 Å². The molecule has 3 heteroatoms. The Kier molecular flexibility index (Phi) is 2.53. The second-order valence-electron chi connectivity index (χ2n) is 3.27. The molecule has 1 saturated carbocycles. The maximum Gasteiger partial charge on any atom is 0.0701 e. The third-order valence-electron chi connectivity index (χ3n) is 2.35. The number of hydrogen-bond acceptors (Lipinski definition) is 2. The number of halogens is 1. The van der Waals surface area contributed by atoms with E-state index in [9.17, 15) is 5.11 Å². The van der Waals surface area contributed by atoms with Gasteiger partial charge in [0, 0.05) is 10.8 Å². The summed E-state index contributed by atoms with van der Waals surface area (Å²) in [6.07, 6.45) is 2.58. The molecule has 1 atom stereocenters. The minimum atomic E-state index is 0.303. The van der Waals surface area contributed by atoms with Crippen LogP contribution in [0.3, 0.4) is 0 Å². The largest absolute Gasteiger partial charge is 0.396 e. The summed E-state index contributed by atoms with van der Waals surface area (Å²) in [5.74, 6) is 1.15. The first-order chi connectivity index (χ1) is 5.81. The predicted molar refractivity (Wildman–Crippen MR) is 54.6 cm³/mol. The highest BCUT2D eigenvalue weighted by Crippen LogP contribution is 2.44. The molecule has 0 saturated heterocycles. The molecule has 1 aromatic heterocycles. The normalized spacial score (nSPS) is 19.5. The van der Waals surface area contributed by atoms with Crippen molar-refractivity contribution in [3.8, 4) is 0 Å². The molecule has 0 amide bonds. The van der Waals surface area contributed by atoms with Gasteiger partial charge in [-0.15, -0.1) is 11.3 Å². The Morgan fingerprint density at radius 3 is 2.75 bits per heavy atom. The van der Waals surface area contributed by atoms with Crippen molar-refractivity contribution in [1.29, 1.82) is 0 Å². The fraction of sp³-hybridized carbons (Fsp3) is 0.556. The second kappa shape index (κ2) is 3.48. The van der Waals surface area contributed by atoms with Crippen molar-refractivity contribution in [2.45, 2.75) is 18.8 Å². The van der Waals surface area contributed by atoms with E-state index in [1.165, 1.54) is 17.7 Å². The van der Waals surface area contributed by atoms with E-state index < -0.39 is 0 Å². The monoisotopic (exact) mass is 246 g/mol. The molecule has 1 aromatic rings. The van der Waals surface area contributed by atoms with E-state index in [2.05, 4.69) is 28.1 Å². The van der Waals surface area contributed by atoms with Gasteiger partial charge in [0.25, 0.3) is 0 Å². The van der Waals surface area contributed by atoms with Crippen molar-refractivity contribution in [3.05, 3.63) is 20.8 Å². The summed E-state index contributed by atoms with van der Waals surface area (Å²) in [4.78, 5) is 1.33. The molecule has 1 heterocycles. The van der Waals surface area contributed by atoms with E-state index in [-0.39, 0.29) is 0 Å². The van der Waals surface area contributed by atoms with Gasteiger partial charge in [0.15, 0.2) is 0 Å². The lowest BCUT2D eigenvalue weighted by Gasteiger charge is -2.09. The van der Waals surface area contributed by atoms with Crippen LogP contribution in [0.5, 0.6) is 0 Å².